The van der Waals surface area contributed by atoms with Gasteiger partial charge in [0.1, 0.15) is 5.78 Å². The van der Waals surface area contributed by atoms with Crippen LogP contribution in [0.4, 0.5) is 0 Å². The van der Waals surface area contributed by atoms with Crippen LogP contribution in [-0.2, 0) is 4.79 Å². The van der Waals surface area contributed by atoms with E-state index in [1.165, 1.54) is 0 Å². The highest BCUT2D eigenvalue weighted by molar-refractivity contribution is 5.84. The standard InChI is InChI=1S/C10H14O/c1-8(2)4-3-5-10(11)9-6-7-9/h3-4,9H,1,5-7H2,2H3/b4-3+. The predicted octanol–water partition coefficient (Wildman–Crippen LogP) is 2.49. The van der Waals surface area contributed by atoms with Crippen molar-refractivity contribution in [1.82, 2.24) is 0 Å². The number of hydrogen-bond acceptors (Lipinski definition) is 1. The Labute approximate surface area is 67.8 Å². The molecule has 1 aliphatic rings. The van der Waals surface area contributed by atoms with E-state index in [0.29, 0.717) is 18.1 Å². The van der Waals surface area contributed by atoms with E-state index < -0.39 is 0 Å². The van der Waals surface area contributed by atoms with E-state index in [2.05, 4.69) is 6.58 Å². The van der Waals surface area contributed by atoms with Crippen molar-refractivity contribution in [2.24, 2.45) is 5.92 Å². The minimum absolute atomic E-state index is 0.391. The first kappa shape index (κ1) is 8.25. The summed E-state index contributed by atoms with van der Waals surface area (Å²) < 4.78 is 0. The molecule has 0 aromatic heterocycles. The molecule has 1 rings (SSSR count). The van der Waals surface area contributed by atoms with Crippen LogP contribution < -0.4 is 0 Å². The fourth-order valence-electron chi connectivity index (χ4n) is 0.948. The van der Waals surface area contributed by atoms with Crippen molar-refractivity contribution in [2.45, 2.75) is 26.2 Å². The molecule has 0 heterocycles. The number of allylic oxidation sites excluding steroid dienone is 3. The molecule has 1 heteroatoms. The van der Waals surface area contributed by atoms with Gasteiger partial charge < -0.3 is 0 Å². The molecule has 1 fully saturated rings. The zero-order chi connectivity index (χ0) is 8.27. The van der Waals surface area contributed by atoms with Crippen molar-refractivity contribution >= 4 is 5.78 Å². The third kappa shape index (κ3) is 3.17. The van der Waals surface area contributed by atoms with E-state index in [9.17, 15) is 4.79 Å². The van der Waals surface area contributed by atoms with Crippen LogP contribution in [0.15, 0.2) is 24.3 Å². The first-order chi connectivity index (χ1) is 5.20. The average Bonchev–Trinajstić information content (AvgIpc) is 2.66. The van der Waals surface area contributed by atoms with Gasteiger partial charge in [-0.15, -0.1) is 0 Å². The van der Waals surface area contributed by atoms with Crippen LogP contribution in [0.5, 0.6) is 0 Å². The number of hydrogen-bond donors (Lipinski definition) is 0. The molecule has 0 aromatic rings. The second kappa shape index (κ2) is 3.51. The molecule has 0 aliphatic heterocycles. The summed E-state index contributed by atoms with van der Waals surface area (Å²) in [5.74, 6) is 0.785. The lowest BCUT2D eigenvalue weighted by atomic mass is 10.2. The Hall–Kier alpha value is -0.850. The summed E-state index contributed by atoms with van der Waals surface area (Å²) in [7, 11) is 0. The molecule has 0 bridgehead atoms. The maximum Gasteiger partial charge on any atom is 0.139 e. The molecule has 0 radical (unpaired) electrons. The van der Waals surface area contributed by atoms with Crippen molar-refractivity contribution in [3.05, 3.63) is 24.3 Å². The summed E-state index contributed by atoms with van der Waals surface area (Å²) in [6.45, 7) is 5.64. The Morgan fingerprint density at radius 3 is 2.73 bits per heavy atom. The molecular weight excluding hydrogens is 136 g/mol. The van der Waals surface area contributed by atoms with E-state index in [-0.39, 0.29) is 0 Å². The number of carbonyl (C=O) groups is 1. The van der Waals surface area contributed by atoms with Crippen molar-refractivity contribution in [1.29, 1.82) is 0 Å². The van der Waals surface area contributed by atoms with Gasteiger partial charge in [-0.25, -0.2) is 0 Å². The second-order valence-corrected chi connectivity index (χ2v) is 3.19. The molecule has 0 unspecified atom stereocenters. The molecule has 11 heavy (non-hydrogen) atoms. The van der Waals surface area contributed by atoms with Crippen LogP contribution in [0, 0.1) is 5.92 Å². The molecule has 0 atom stereocenters. The molecule has 0 aromatic carbocycles. The second-order valence-electron chi connectivity index (χ2n) is 3.19. The van der Waals surface area contributed by atoms with Crippen molar-refractivity contribution < 1.29 is 4.79 Å². The molecular formula is C10H14O. The first-order valence-electron chi connectivity index (χ1n) is 4.05. The van der Waals surface area contributed by atoms with Gasteiger partial charge in [-0.2, -0.15) is 0 Å². The molecule has 60 valence electrons. The third-order valence-corrected chi connectivity index (χ3v) is 1.75. The van der Waals surface area contributed by atoms with Crippen LogP contribution in [0.2, 0.25) is 0 Å². The lowest BCUT2D eigenvalue weighted by molar-refractivity contribution is -0.119. The van der Waals surface area contributed by atoms with E-state index in [0.717, 1.165) is 18.4 Å². The lowest BCUT2D eigenvalue weighted by Gasteiger charge is -1.90. The minimum Gasteiger partial charge on any atom is -0.299 e. The smallest absolute Gasteiger partial charge is 0.139 e. The SMILES string of the molecule is C=C(C)/C=C/CC(=O)C1CC1. The van der Waals surface area contributed by atoms with Gasteiger partial charge in [0, 0.05) is 12.3 Å². The summed E-state index contributed by atoms with van der Waals surface area (Å²) in [5, 5.41) is 0. The third-order valence-electron chi connectivity index (χ3n) is 1.75. The fraction of sp³-hybridized carbons (Fsp3) is 0.500. The summed E-state index contributed by atoms with van der Waals surface area (Å²) in [4.78, 5) is 11.1. The van der Waals surface area contributed by atoms with Gasteiger partial charge in [0.05, 0.1) is 0 Å². The quantitative estimate of drug-likeness (QED) is 0.563. The Kier molecular flexibility index (Phi) is 2.64. The first-order valence-corrected chi connectivity index (χ1v) is 4.05. The number of carbonyl (C=O) groups excluding carboxylic acids is 1. The molecule has 1 nitrogen and oxygen atoms in total. The normalized spacial score (nSPS) is 17.2. The Balaban J connectivity index is 2.20. The van der Waals surface area contributed by atoms with Gasteiger partial charge >= 0.3 is 0 Å². The van der Waals surface area contributed by atoms with Gasteiger partial charge in [0.15, 0.2) is 0 Å². The molecule has 1 saturated carbocycles. The van der Waals surface area contributed by atoms with E-state index in [1.807, 2.05) is 19.1 Å². The van der Waals surface area contributed by atoms with Crippen molar-refractivity contribution in [3.8, 4) is 0 Å². The predicted molar refractivity (Wildman–Crippen MR) is 46.3 cm³/mol. The monoisotopic (exact) mass is 150 g/mol. The zero-order valence-electron chi connectivity index (χ0n) is 6.97. The lowest BCUT2D eigenvalue weighted by Crippen LogP contribution is -1.96. The topological polar surface area (TPSA) is 17.1 Å². The Bertz CT molecular complexity index is 197. The minimum atomic E-state index is 0.391. The molecule has 0 saturated heterocycles. The van der Waals surface area contributed by atoms with Crippen LogP contribution in [0.1, 0.15) is 26.2 Å². The molecule has 0 N–H and O–H groups in total. The highest BCUT2D eigenvalue weighted by Crippen LogP contribution is 2.30. The fourth-order valence-corrected chi connectivity index (χ4v) is 0.948. The maximum atomic E-state index is 11.1. The van der Waals surface area contributed by atoms with Crippen LogP contribution in [0.25, 0.3) is 0 Å². The van der Waals surface area contributed by atoms with Crippen LogP contribution >= 0.6 is 0 Å². The summed E-state index contributed by atoms with van der Waals surface area (Å²) in [6.07, 6.45) is 6.63. The molecule has 0 spiro atoms. The van der Waals surface area contributed by atoms with Gasteiger partial charge in [0.25, 0.3) is 0 Å². The van der Waals surface area contributed by atoms with Gasteiger partial charge in [-0.3, -0.25) is 4.79 Å². The maximum absolute atomic E-state index is 11.1. The zero-order valence-corrected chi connectivity index (χ0v) is 6.97. The number of rotatable bonds is 4. The number of Topliss-reactive ketones (excluding diaryl/α,β-unsaturated/α-hetero) is 1. The van der Waals surface area contributed by atoms with Crippen molar-refractivity contribution in [3.63, 3.8) is 0 Å². The largest absolute Gasteiger partial charge is 0.299 e. The molecule has 0 amide bonds. The average molecular weight is 150 g/mol. The van der Waals surface area contributed by atoms with E-state index in [4.69, 9.17) is 0 Å². The highest BCUT2D eigenvalue weighted by Gasteiger charge is 2.27. The summed E-state index contributed by atoms with van der Waals surface area (Å²) in [6, 6.07) is 0. The highest BCUT2D eigenvalue weighted by atomic mass is 16.1. The summed E-state index contributed by atoms with van der Waals surface area (Å²) >= 11 is 0. The Morgan fingerprint density at radius 1 is 1.64 bits per heavy atom. The van der Waals surface area contributed by atoms with Gasteiger partial charge in [-0.1, -0.05) is 24.3 Å². The van der Waals surface area contributed by atoms with Crippen molar-refractivity contribution in [2.75, 3.05) is 0 Å². The van der Waals surface area contributed by atoms with Crippen LogP contribution in [-0.4, -0.2) is 5.78 Å². The Morgan fingerprint density at radius 2 is 2.27 bits per heavy atom. The van der Waals surface area contributed by atoms with Gasteiger partial charge in [-0.05, 0) is 19.8 Å². The summed E-state index contributed by atoms with van der Waals surface area (Å²) in [5.41, 5.74) is 1.01. The molecule has 1 aliphatic carbocycles. The van der Waals surface area contributed by atoms with Crippen LogP contribution in [0.3, 0.4) is 0 Å². The van der Waals surface area contributed by atoms with Gasteiger partial charge in [0.2, 0.25) is 0 Å². The van der Waals surface area contributed by atoms with E-state index in [1.54, 1.807) is 0 Å². The van der Waals surface area contributed by atoms with E-state index >= 15 is 0 Å². The number of ketones is 1.